The number of fused-ring (bicyclic) bond motifs is 1. The molecule has 0 atom stereocenters. The summed E-state index contributed by atoms with van der Waals surface area (Å²) in [5.41, 5.74) is 3.10. The van der Waals surface area contributed by atoms with Crippen molar-refractivity contribution in [1.29, 1.82) is 0 Å². The number of benzene rings is 1. The van der Waals surface area contributed by atoms with Gasteiger partial charge >= 0.3 is 0 Å². The molecule has 0 N–H and O–H groups in total. The summed E-state index contributed by atoms with van der Waals surface area (Å²) in [7, 11) is 0. The van der Waals surface area contributed by atoms with Crippen molar-refractivity contribution in [2.75, 3.05) is 18.0 Å². The molecule has 2 heterocycles. The molecular weight excluding hydrogens is 274 g/mol. The van der Waals surface area contributed by atoms with E-state index in [1.807, 2.05) is 0 Å². The summed E-state index contributed by atoms with van der Waals surface area (Å²) in [6, 6.07) is 8.44. The highest BCUT2D eigenvalue weighted by atomic mass is 35.5. The molecule has 5 heteroatoms. The first-order chi connectivity index (χ1) is 9.79. The molecule has 0 saturated heterocycles. The van der Waals surface area contributed by atoms with Gasteiger partial charge in [0, 0.05) is 13.1 Å². The average Bonchev–Trinajstić information content (AvgIpc) is 2.69. The largest absolute Gasteiger partial charge is 0.355 e. The van der Waals surface area contributed by atoms with Crippen molar-refractivity contribution in [3.05, 3.63) is 52.4 Å². The Morgan fingerprint density at radius 2 is 1.75 bits per heavy atom. The Hall–Kier alpha value is -1.94. The summed E-state index contributed by atoms with van der Waals surface area (Å²) >= 11 is 5.97. The lowest BCUT2D eigenvalue weighted by Crippen LogP contribution is -2.28. The predicted molar refractivity (Wildman–Crippen MR) is 78.5 cm³/mol. The van der Waals surface area contributed by atoms with Gasteiger partial charge in [0.25, 0.3) is 0 Å². The smallest absolute Gasteiger partial charge is 0.156 e. The van der Waals surface area contributed by atoms with Crippen molar-refractivity contribution in [2.45, 2.75) is 12.8 Å². The van der Waals surface area contributed by atoms with Crippen LogP contribution in [0, 0.1) is 0 Å². The van der Waals surface area contributed by atoms with Crippen molar-refractivity contribution in [2.24, 2.45) is 0 Å². The first kappa shape index (κ1) is 13.1. The predicted octanol–water partition coefficient (Wildman–Crippen LogP) is 2.55. The topological polar surface area (TPSA) is 46.1 Å². The monoisotopic (exact) mass is 287 g/mol. The van der Waals surface area contributed by atoms with Crippen molar-refractivity contribution in [3.8, 4) is 0 Å². The molecular formula is C15H14ClN3O. The van der Waals surface area contributed by atoms with Crippen molar-refractivity contribution < 1.29 is 4.79 Å². The summed E-state index contributed by atoms with van der Waals surface area (Å²) in [6.45, 7) is 1.65. The van der Waals surface area contributed by atoms with E-state index in [1.54, 1.807) is 0 Å². The third-order valence-corrected chi connectivity index (χ3v) is 3.95. The van der Waals surface area contributed by atoms with E-state index >= 15 is 0 Å². The van der Waals surface area contributed by atoms with Crippen molar-refractivity contribution in [1.82, 2.24) is 9.97 Å². The second kappa shape index (κ2) is 5.59. The van der Waals surface area contributed by atoms with E-state index < -0.39 is 0 Å². The lowest BCUT2D eigenvalue weighted by molar-refractivity contribution is 0.112. The van der Waals surface area contributed by atoms with E-state index in [9.17, 15) is 4.79 Å². The van der Waals surface area contributed by atoms with Gasteiger partial charge in [-0.3, -0.25) is 4.79 Å². The number of halogens is 1. The number of hydrogen-bond donors (Lipinski definition) is 0. The molecule has 1 aliphatic heterocycles. The van der Waals surface area contributed by atoms with Crippen LogP contribution in [0.4, 0.5) is 5.82 Å². The standard InChI is InChI=1S/C15H14ClN3O/c16-14-13(9-20)15(18-10-17-14)19-7-5-11-3-1-2-4-12(11)6-8-19/h1-4,9-10H,5-8H2. The van der Waals surface area contributed by atoms with Crippen LogP contribution in [0.5, 0.6) is 0 Å². The zero-order valence-corrected chi connectivity index (χ0v) is 11.7. The van der Waals surface area contributed by atoms with Crippen LogP contribution in [0.3, 0.4) is 0 Å². The molecule has 1 aromatic heterocycles. The van der Waals surface area contributed by atoms with Gasteiger partial charge in [0.15, 0.2) is 6.29 Å². The third kappa shape index (κ3) is 2.39. The minimum atomic E-state index is 0.215. The molecule has 0 spiro atoms. The van der Waals surface area contributed by atoms with Gasteiger partial charge in [-0.05, 0) is 24.0 Å². The van der Waals surface area contributed by atoms with Gasteiger partial charge in [0.05, 0.1) is 5.56 Å². The van der Waals surface area contributed by atoms with Crippen LogP contribution in [-0.4, -0.2) is 29.3 Å². The summed E-state index contributed by atoms with van der Waals surface area (Å²) in [5, 5.41) is 0.215. The number of aldehydes is 1. The minimum absolute atomic E-state index is 0.215. The van der Waals surface area contributed by atoms with Crippen LogP contribution in [0.1, 0.15) is 21.5 Å². The molecule has 4 nitrogen and oxygen atoms in total. The minimum Gasteiger partial charge on any atom is -0.355 e. The van der Waals surface area contributed by atoms with Crippen LogP contribution >= 0.6 is 11.6 Å². The van der Waals surface area contributed by atoms with Gasteiger partial charge in [-0.15, -0.1) is 0 Å². The summed E-state index contributed by atoms with van der Waals surface area (Å²) in [6.07, 6.45) is 4.02. The molecule has 0 aliphatic carbocycles. The van der Waals surface area contributed by atoms with Crippen LogP contribution in [-0.2, 0) is 12.8 Å². The van der Waals surface area contributed by atoms with E-state index in [1.165, 1.54) is 17.5 Å². The van der Waals surface area contributed by atoms with Crippen LogP contribution < -0.4 is 4.90 Å². The summed E-state index contributed by atoms with van der Waals surface area (Å²) < 4.78 is 0. The summed E-state index contributed by atoms with van der Waals surface area (Å²) in [5.74, 6) is 0.632. The summed E-state index contributed by atoms with van der Waals surface area (Å²) in [4.78, 5) is 21.4. The molecule has 0 unspecified atom stereocenters. The fourth-order valence-corrected chi connectivity index (χ4v) is 2.77. The highest BCUT2D eigenvalue weighted by Crippen LogP contribution is 2.24. The highest BCUT2D eigenvalue weighted by molar-refractivity contribution is 6.32. The SMILES string of the molecule is O=Cc1c(Cl)ncnc1N1CCc2ccccc2CC1. The van der Waals surface area contributed by atoms with Crippen molar-refractivity contribution >= 4 is 23.7 Å². The Morgan fingerprint density at radius 1 is 1.10 bits per heavy atom. The maximum Gasteiger partial charge on any atom is 0.156 e. The van der Waals surface area contributed by atoms with Gasteiger partial charge in [0.2, 0.25) is 0 Å². The quantitative estimate of drug-likeness (QED) is 0.629. The fraction of sp³-hybridized carbons (Fsp3) is 0.267. The van der Waals surface area contributed by atoms with Gasteiger partial charge < -0.3 is 4.90 Å². The molecule has 102 valence electrons. The highest BCUT2D eigenvalue weighted by Gasteiger charge is 2.19. The molecule has 1 aromatic carbocycles. The molecule has 3 rings (SSSR count). The maximum absolute atomic E-state index is 11.2. The van der Waals surface area contributed by atoms with E-state index in [4.69, 9.17) is 11.6 Å². The maximum atomic E-state index is 11.2. The average molecular weight is 288 g/mol. The van der Waals surface area contributed by atoms with Crippen LogP contribution in [0.2, 0.25) is 5.15 Å². The molecule has 20 heavy (non-hydrogen) atoms. The van der Waals surface area contributed by atoms with Gasteiger partial charge in [-0.1, -0.05) is 35.9 Å². The first-order valence-electron chi connectivity index (χ1n) is 6.57. The number of aromatic nitrogens is 2. The molecule has 2 aromatic rings. The number of nitrogens with zero attached hydrogens (tertiary/aromatic N) is 3. The fourth-order valence-electron chi connectivity index (χ4n) is 2.60. The molecule has 0 radical (unpaired) electrons. The van der Waals surface area contributed by atoms with E-state index in [-0.39, 0.29) is 5.15 Å². The number of anilines is 1. The Morgan fingerprint density at radius 3 is 2.35 bits per heavy atom. The number of carbonyl (C=O) groups is 1. The number of rotatable bonds is 2. The number of carbonyl (C=O) groups excluding carboxylic acids is 1. The van der Waals surface area contributed by atoms with Gasteiger partial charge in [-0.2, -0.15) is 0 Å². The second-order valence-corrected chi connectivity index (χ2v) is 5.13. The van der Waals surface area contributed by atoms with E-state index in [0.717, 1.165) is 32.2 Å². The second-order valence-electron chi connectivity index (χ2n) is 4.78. The molecule has 0 fully saturated rings. The molecule has 1 aliphatic rings. The van der Waals surface area contributed by atoms with Gasteiger partial charge in [-0.25, -0.2) is 9.97 Å². The Balaban J connectivity index is 1.91. The molecule has 0 bridgehead atoms. The molecule has 0 amide bonds. The Kier molecular flexibility index (Phi) is 3.65. The van der Waals surface area contributed by atoms with E-state index in [2.05, 4.69) is 39.1 Å². The normalized spacial score (nSPS) is 14.6. The lowest BCUT2D eigenvalue weighted by Gasteiger charge is -2.22. The molecule has 0 saturated carbocycles. The third-order valence-electron chi connectivity index (χ3n) is 3.65. The van der Waals surface area contributed by atoms with Crippen LogP contribution in [0.25, 0.3) is 0 Å². The number of hydrogen-bond acceptors (Lipinski definition) is 4. The van der Waals surface area contributed by atoms with E-state index in [0.29, 0.717) is 11.4 Å². The van der Waals surface area contributed by atoms with Crippen molar-refractivity contribution in [3.63, 3.8) is 0 Å². The van der Waals surface area contributed by atoms with Gasteiger partial charge in [0.1, 0.15) is 17.3 Å². The Bertz CT molecular complexity index is 618. The lowest BCUT2D eigenvalue weighted by atomic mass is 10.0. The Labute approximate surface area is 122 Å². The zero-order valence-electron chi connectivity index (χ0n) is 10.9. The zero-order chi connectivity index (χ0) is 13.9. The first-order valence-corrected chi connectivity index (χ1v) is 6.95. The van der Waals surface area contributed by atoms with Crippen LogP contribution in [0.15, 0.2) is 30.6 Å².